The number of hydrogen-bond donors (Lipinski definition) is 2. The lowest BCUT2D eigenvalue weighted by Gasteiger charge is -2.35. The van der Waals surface area contributed by atoms with Crippen LogP contribution in [0.5, 0.6) is 5.75 Å². The topological polar surface area (TPSA) is 41.5 Å². The Kier molecular flexibility index (Phi) is 9.57. The van der Waals surface area contributed by atoms with E-state index in [0.717, 1.165) is 41.9 Å². The molecule has 1 aromatic heterocycles. The maximum atomic E-state index is 13.5. The number of thioether (sulfide) groups is 1. The van der Waals surface area contributed by atoms with Crippen LogP contribution in [0.15, 0.2) is 47.4 Å². The molecule has 0 aliphatic carbocycles. The molecule has 1 fully saturated rings. The summed E-state index contributed by atoms with van der Waals surface area (Å²) in [5, 5.41) is 7.37. The summed E-state index contributed by atoms with van der Waals surface area (Å²) in [5.41, 5.74) is 2.15. The van der Waals surface area contributed by atoms with Crippen molar-refractivity contribution in [2.24, 2.45) is 0 Å². The third kappa shape index (κ3) is 7.55. The fraction of sp³-hybridized carbons (Fsp3) is 0.448. The molecule has 10 heteroatoms. The molecular weight excluding hydrogens is 528 g/mol. The van der Waals surface area contributed by atoms with Gasteiger partial charge < -0.3 is 24.8 Å². The first-order valence-electron chi connectivity index (χ1n) is 13.0. The second-order valence-electron chi connectivity index (χ2n) is 9.79. The van der Waals surface area contributed by atoms with E-state index < -0.39 is 19.6 Å². The molecule has 0 bridgehead atoms. The molecule has 5 nitrogen and oxygen atoms in total. The minimum Gasteiger partial charge on any atom is -0.461 e. The molecule has 0 atom stereocenters. The molecule has 1 saturated heterocycles. The second kappa shape index (κ2) is 12.9. The van der Waals surface area contributed by atoms with Crippen LogP contribution in [-0.4, -0.2) is 60.5 Å². The van der Waals surface area contributed by atoms with Crippen LogP contribution in [0.4, 0.5) is 28.9 Å². The molecule has 0 saturated carbocycles. The van der Waals surface area contributed by atoms with Crippen molar-refractivity contribution in [2.45, 2.75) is 56.4 Å². The molecular formula is C29H34F4N4OS. The van der Waals surface area contributed by atoms with Gasteiger partial charge in [0.25, 0.3) is 0 Å². The van der Waals surface area contributed by atoms with Crippen LogP contribution in [0, 0.1) is 11.8 Å². The van der Waals surface area contributed by atoms with E-state index in [1.54, 1.807) is 30.3 Å². The van der Waals surface area contributed by atoms with Gasteiger partial charge in [0.05, 0.1) is 23.4 Å². The quantitative estimate of drug-likeness (QED) is 0.167. The summed E-state index contributed by atoms with van der Waals surface area (Å²) in [4.78, 5) is 3.35. The van der Waals surface area contributed by atoms with Gasteiger partial charge in [0.1, 0.15) is 12.3 Å². The Morgan fingerprint density at radius 2 is 1.87 bits per heavy atom. The molecule has 2 heterocycles. The monoisotopic (exact) mass is 562 g/mol. The number of benzene rings is 2. The van der Waals surface area contributed by atoms with Gasteiger partial charge in [-0.3, -0.25) is 0 Å². The van der Waals surface area contributed by atoms with Crippen molar-refractivity contribution in [3.63, 3.8) is 0 Å². The minimum atomic E-state index is -4.40. The summed E-state index contributed by atoms with van der Waals surface area (Å²) in [6.07, 6.45) is -0.542. The zero-order valence-electron chi connectivity index (χ0n) is 22.4. The Morgan fingerprint density at radius 3 is 2.54 bits per heavy atom. The Hall–Kier alpha value is -3.03. The number of anilines is 2. The van der Waals surface area contributed by atoms with E-state index in [-0.39, 0.29) is 18.3 Å². The SMILES string of the molecule is CSc1ccc(NCC#Cc2cc3c(NC4CCN(C(C)C)CC4)cccc3n2CC(F)(F)F)c(OCF)c1. The van der Waals surface area contributed by atoms with Crippen molar-refractivity contribution < 1.29 is 22.3 Å². The summed E-state index contributed by atoms with van der Waals surface area (Å²) in [5.74, 6) is 6.19. The highest BCUT2D eigenvalue weighted by Crippen LogP contribution is 2.32. The van der Waals surface area contributed by atoms with Crippen molar-refractivity contribution in [3.05, 3.63) is 48.2 Å². The van der Waals surface area contributed by atoms with Crippen molar-refractivity contribution in [3.8, 4) is 17.6 Å². The highest BCUT2D eigenvalue weighted by atomic mass is 32.2. The van der Waals surface area contributed by atoms with Crippen LogP contribution in [0.3, 0.4) is 0 Å². The molecule has 4 rings (SSSR count). The van der Waals surface area contributed by atoms with E-state index in [9.17, 15) is 17.6 Å². The van der Waals surface area contributed by atoms with Gasteiger partial charge in [0.2, 0.25) is 6.86 Å². The van der Waals surface area contributed by atoms with E-state index in [1.807, 2.05) is 18.4 Å². The van der Waals surface area contributed by atoms with Gasteiger partial charge in [-0.15, -0.1) is 11.8 Å². The van der Waals surface area contributed by atoms with E-state index >= 15 is 0 Å². The van der Waals surface area contributed by atoms with E-state index in [2.05, 4.69) is 41.2 Å². The lowest BCUT2D eigenvalue weighted by Crippen LogP contribution is -2.42. The number of alkyl halides is 4. The third-order valence-corrected chi connectivity index (χ3v) is 7.61. The lowest BCUT2D eigenvalue weighted by atomic mass is 10.0. The Balaban J connectivity index is 1.56. The minimum absolute atomic E-state index is 0.147. The number of ether oxygens (including phenoxy) is 1. The van der Waals surface area contributed by atoms with Crippen LogP contribution in [0.25, 0.3) is 10.9 Å². The summed E-state index contributed by atoms with van der Waals surface area (Å²) in [7, 11) is 0. The fourth-order valence-corrected chi connectivity index (χ4v) is 5.30. The first kappa shape index (κ1) is 29.0. The lowest BCUT2D eigenvalue weighted by molar-refractivity contribution is -0.140. The Bertz CT molecular complexity index is 1320. The Labute approximate surface area is 231 Å². The van der Waals surface area contributed by atoms with Gasteiger partial charge >= 0.3 is 6.18 Å². The van der Waals surface area contributed by atoms with Gasteiger partial charge in [-0.05, 0) is 75.3 Å². The van der Waals surface area contributed by atoms with Crippen LogP contribution >= 0.6 is 11.8 Å². The van der Waals surface area contributed by atoms with E-state index in [1.165, 1.54) is 16.3 Å². The maximum absolute atomic E-state index is 13.5. The predicted molar refractivity (Wildman–Crippen MR) is 152 cm³/mol. The predicted octanol–water partition coefficient (Wildman–Crippen LogP) is 6.98. The summed E-state index contributed by atoms with van der Waals surface area (Å²) in [6.45, 7) is 4.40. The van der Waals surface area contributed by atoms with Crippen LogP contribution in [0.2, 0.25) is 0 Å². The van der Waals surface area contributed by atoms with E-state index in [4.69, 9.17) is 4.74 Å². The molecule has 2 aromatic carbocycles. The average molecular weight is 563 g/mol. The van der Waals surface area contributed by atoms with Gasteiger partial charge in [0.15, 0.2) is 0 Å². The molecule has 2 N–H and O–H groups in total. The first-order chi connectivity index (χ1) is 18.7. The van der Waals surface area contributed by atoms with Gasteiger partial charge in [-0.2, -0.15) is 13.2 Å². The van der Waals surface area contributed by atoms with Gasteiger partial charge in [0, 0.05) is 41.1 Å². The number of rotatable bonds is 9. The Morgan fingerprint density at radius 1 is 1.10 bits per heavy atom. The molecule has 0 radical (unpaired) electrons. The average Bonchev–Trinajstić information content (AvgIpc) is 3.24. The van der Waals surface area contributed by atoms with Crippen LogP contribution in [0.1, 0.15) is 32.4 Å². The molecule has 3 aromatic rings. The fourth-order valence-electron chi connectivity index (χ4n) is 4.87. The summed E-state index contributed by atoms with van der Waals surface area (Å²) >= 11 is 1.50. The molecule has 1 aliphatic heterocycles. The molecule has 0 unspecified atom stereocenters. The number of piperidine rings is 1. The smallest absolute Gasteiger partial charge is 0.406 e. The number of nitrogens with one attached hydrogen (secondary N) is 2. The molecule has 210 valence electrons. The standard InChI is InChI=1S/C29H34F4N4OS/c1-20(2)36-14-11-21(12-15-36)35-25-7-4-8-27-24(25)16-22(37(27)18-29(31,32)33)6-5-13-34-26-10-9-23(39-3)17-28(26)38-19-30/h4,7-10,16-17,20-21,34-35H,11-15,18-19H2,1-3H3. The number of likely N-dealkylation sites (tertiary alicyclic amines) is 1. The maximum Gasteiger partial charge on any atom is 0.406 e. The number of halogens is 4. The summed E-state index contributed by atoms with van der Waals surface area (Å²) in [6, 6.07) is 13.2. The molecule has 39 heavy (non-hydrogen) atoms. The van der Waals surface area contributed by atoms with Crippen LogP contribution < -0.4 is 15.4 Å². The zero-order chi connectivity index (χ0) is 28.0. The highest BCUT2D eigenvalue weighted by molar-refractivity contribution is 7.98. The molecule has 1 aliphatic rings. The second-order valence-corrected chi connectivity index (χ2v) is 10.7. The highest BCUT2D eigenvalue weighted by Gasteiger charge is 2.30. The molecule has 0 amide bonds. The van der Waals surface area contributed by atoms with Crippen molar-refractivity contribution in [1.29, 1.82) is 0 Å². The van der Waals surface area contributed by atoms with Gasteiger partial charge in [-0.25, -0.2) is 4.39 Å². The number of aromatic nitrogens is 1. The van der Waals surface area contributed by atoms with Crippen molar-refractivity contribution >= 4 is 34.0 Å². The van der Waals surface area contributed by atoms with Crippen molar-refractivity contribution in [2.75, 3.05) is 43.4 Å². The number of nitrogens with zero attached hydrogens (tertiary/aromatic N) is 2. The van der Waals surface area contributed by atoms with E-state index in [0.29, 0.717) is 23.0 Å². The number of fused-ring (bicyclic) bond motifs is 1. The largest absolute Gasteiger partial charge is 0.461 e. The molecule has 0 spiro atoms. The van der Waals surface area contributed by atoms with Crippen molar-refractivity contribution in [1.82, 2.24) is 9.47 Å². The van der Waals surface area contributed by atoms with Crippen LogP contribution in [-0.2, 0) is 6.54 Å². The normalized spacial score (nSPS) is 14.9. The first-order valence-corrected chi connectivity index (χ1v) is 14.2. The number of hydrogen-bond acceptors (Lipinski definition) is 5. The zero-order valence-corrected chi connectivity index (χ0v) is 23.2. The third-order valence-electron chi connectivity index (χ3n) is 6.89. The summed E-state index contributed by atoms with van der Waals surface area (Å²) < 4.78 is 59.8. The van der Waals surface area contributed by atoms with Gasteiger partial charge in [-0.1, -0.05) is 12.0 Å².